The fourth-order valence-corrected chi connectivity index (χ4v) is 2.92. The lowest BCUT2D eigenvalue weighted by Gasteiger charge is -2.33. The lowest BCUT2D eigenvalue weighted by Crippen LogP contribution is -2.41. The van der Waals surface area contributed by atoms with Crippen LogP contribution in [0.2, 0.25) is 13.1 Å². The molecule has 80 valence electrons. The Hall–Kier alpha value is -0.523. The standard InChI is InChI=1S/C12H22OSi/c1-8-12(5,10-11(3)4)13-14(6,7)9-2/h1,9,11H,2,10H2,3-7H3. The molecule has 0 saturated carbocycles. The quantitative estimate of drug-likeness (QED) is 0.499. The van der Waals surface area contributed by atoms with E-state index in [2.05, 4.69) is 39.4 Å². The Morgan fingerprint density at radius 3 is 2.36 bits per heavy atom. The van der Waals surface area contributed by atoms with Gasteiger partial charge in [0.05, 0.1) is 0 Å². The van der Waals surface area contributed by atoms with E-state index in [0.29, 0.717) is 5.92 Å². The van der Waals surface area contributed by atoms with Crippen molar-refractivity contribution in [3.05, 3.63) is 12.3 Å². The molecule has 1 nitrogen and oxygen atoms in total. The molecule has 0 spiro atoms. The van der Waals surface area contributed by atoms with Gasteiger partial charge in [0.15, 0.2) is 0 Å². The van der Waals surface area contributed by atoms with Gasteiger partial charge < -0.3 is 4.43 Å². The summed E-state index contributed by atoms with van der Waals surface area (Å²) in [6.45, 7) is 14.3. The van der Waals surface area contributed by atoms with E-state index in [-0.39, 0.29) is 0 Å². The van der Waals surface area contributed by atoms with Gasteiger partial charge in [-0.3, -0.25) is 0 Å². The van der Waals surface area contributed by atoms with E-state index in [1.54, 1.807) is 0 Å². The minimum atomic E-state index is -1.78. The highest BCUT2D eigenvalue weighted by molar-refractivity contribution is 6.76. The van der Waals surface area contributed by atoms with Crippen LogP contribution in [0.1, 0.15) is 27.2 Å². The van der Waals surface area contributed by atoms with Gasteiger partial charge in [0.1, 0.15) is 5.60 Å². The summed E-state index contributed by atoms with van der Waals surface area (Å²) in [5.41, 5.74) is 1.49. The molecule has 0 aliphatic heterocycles. The van der Waals surface area contributed by atoms with Crippen LogP contribution in [0.4, 0.5) is 0 Å². The van der Waals surface area contributed by atoms with Crippen molar-refractivity contribution in [2.45, 2.75) is 45.9 Å². The third kappa shape index (κ3) is 4.64. The molecule has 0 aliphatic rings. The highest BCUT2D eigenvalue weighted by Gasteiger charge is 2.31. The molecule has 0 saturated heterocycles. The first-order valence-electron chi connectivity index (χ1n) is 5.06. The zero-order valence-corrected chi connectivity index (χ0v) is 11.1. The molecule has 0 aromatic rings. The third-order valence-electron chi connectivity index (χ3n) is 2.08. The van der Waals surface area contributed by atoms with Crippen molar-refractivity contribution in [2.24, 2.45) is 5.92 Å². The summed E-state index contributed by atoms with van der Waals surface area (Å²) in [4.78, 5) is 0. The Bertz CT molecular complexity index is 237. The van der Waals surface area contributed by atoms with Crippen molar-refractivity contribution in [2.75, 3.05) is 0 Å². The first-order chi connectivity index (χ1) is 6.24. The number of hydrogen-bond acceptors (Lipinski definition) is 1. The lowest BCUT2D eigenvalue weighted by atomic mass is 9.95. The molecule has 0 heterocycles. The van der Waals surface area contributed by atoms with E-state index in [1.165, 1.54) is 0 Å². The zero-order chi connectivity index (χ0) is 11.4. The molecule has 0 rings (SSSR count). The van der Waals surface area contributed by atoms with Gasteiger partial charge in [-0.05, 0) is 32.4 Å². The van der Waals surface area contributed by atoms with Gasteiger partial charge in [0, 0.05) is 0 Å². The van der Waals surface area contributed by atoms with Crippen LogP contribution < -0.4 is 0 Å². The molecule has 0 radical (unpaired) electrons. The van der Waals surface area contributed by atoms with Gasteiger partial charge in [0.25, 0.3) is 0 Å². The molecule has 0 N–H and O–H groups in total. The molecule has 1 unspecified atom stereocenters. The molecule has 0 fully saturated rings. The Labute approximate surface area is 89.7 Å². The summed E-state index contributed by atoms with van der Waals surface area (Å²) in [5, 5.41) is 0. The van der Waals surface area contributed by atoms with Gasteiger partial charge in [-0.25, -0.2) is 0 Å². The third-order valence-corrected chi connectivity index (χ3v) is 4.04. The second-order valence-corrected chi connectivity index (χ2v) is 8.70. The predicted molar refractivity (Wildman–Crippen MR) is 65.5 cm³/mol. The van der Waals surface area contributed by atoms with Crippen LogP contribution in [0.15, 0.2) is 12.3 Å². The maximum Gasteiger partial charge on any atom is 0.212 e. The molecule has 0 amide bonds. The zero-order valence-electron chi connectivity index (χ0n) is 10.1. The average molecular weight is 210 g/mol. The molecule has 0 aromatic heterocycles. The molecular formula is C12H22OSi. The molecule has 0 aliphatic carbocycles. The average Bonchev–Trinajstić information content (AvgIpc) is 2.02. The minimum absolute atomic E-state index is 0.432. The summed E-state index contributed by atoms with van der Waals surface area (Å²) in [7, 11) is -1.78. The largest absolute Gasteiger partial charge is 0.398 e. The van der Waals surface area contributed by atoms with Crippen molar-refractivity contribution >= 4 is 8.32 Å². The Morgan fingerprint density at radius 1 is 1.57 bits per heavy atom. The second-order valence-electron chi connectivity index (χ2n) is 4.88. The van der Waals surface area contributed by atoms with Gasteiger partial charge >= 0.3 is 0 Å². The number of terminal acetylenes is 1. The summed E-state index contributed by atoms with van der Waals surface area (Å²) >= 11 is 0. The topological polar surface area (TPSA) is 9.23 Å². The van der Waals surface area contributed by atoms with Crippen molar-refractivity contribution in [1.82, 2.24) is 0 Å². The monoisotopic (exact) mass is 210 g/mol. The lowest BCUT2D eigenvalue weighted by molar-refractivity contribution is 0.119. The van der Waals surface area contributed by atoms with E-state index in [1.807, 2.05) is 12.6 Å². The molecular weight excluding hydrogens is 188 g/mol. The molecule has 2 heteroatoms. The van der Waals surface area contributed by atoms with Crippen LogP contribution >= 0.6 is 0 Å². The first kappa shape index (κ1) is 13.5. The predicted octanol–water partition coefficient (Wildman–Crippen LogP) is 3.37. The van der Waals surface area contributed by atoms with Crippen LogP contribution in [-0.4, -0.2) is 13.9 Å². The first-order valence-corrected chi connectivity index (χ1v) is 8.05. The van der Waals surface area contributed by atoms with Crippen LogP contribution in [0.25, 0.3) is 0 Å². The van der Waals surface area contributed by atoms with Crippen LogP contribution in [-0.2, 0) is 4.43 Å². The van der Waals surface area contributed by atoms with E-state index in [4.69, 9.17) is 10.8 Å². The van der Waals surface area contributed by atoms with E-state index < -0.39 is 13.9 Å². The SMILES string of the molecule is C#CC(C)(CC(C)C)O[Si](C)(C)C=C. The highest BCUT2D eigenvalue weighted by atomic mass is 28.4. The van der Waals surface area contributed by atoms with E-state index in [9.17, 15) is 0 Å². The Kier molecular flexibility index (Phi) is 4.63. The Morgan fingerprint density at radius 2 is 2.07 bits per heavy atom. The summed E-state index contributed by atoms with van der Waals surface area (Å²) in [6.07, 6.45) is 6.43. The van der Waals surface area contributed by atoms with Gasteiger partial charge in [-0.1, -0.05) is 25.5 Å². The van der Waals surface area contributed by atoms with Crippen molar-refractivity contribution < 1.29 is 4.43 Å². The van der Waals surface area contributed by atoms with Gasteiger partial charge in [-0.15, -0.1) is 13.0 Å². The number of hydrogen-bond donors (Lipinski definition) is 0. The van der Waals surface area contributed by atoms with Crippen molar-refractivity contribution in [3.63, 3.8) is 0 Å². The fourth-order valence-electron chi connectivity index (χ4n) is 1.53. The van der Waals surface area contributed by atoms with E-state index in [0.717, 1.165) is 6.42 Å². The molecule has 1 atom stereocenters. The number of rotatable bonds is 5. The molecule has 0 aromatic carbocycles. The Balaban J connectivity index is 4.57. The maximum atomic E-state index is 6.02. The molecule has 14 heavy (non-hydrogen) atoms. The summed E-state index contributed by atoms with van der Waals surface area (Å²) in [5.74, 6) is 3.31. The molecule has 0 bridgehead atoms. The van der Waals surface area contributed by atoms with E-state index >= 15 is 0 Å². The van der Waals surface area contributed by atoms with Gasteiger partial charge in [-0.2, -0.15) is 0 Å². The fraction of sp³-hybridized carbons (Fsp3) is 0.667. The smallest absolute Gasteiger partial charge is 0.212 e. The second kappa shape index (κ2) is 4.81. The minimum Gasteiger partial charge on any atom is -0.398 e. The van der Waals surface area contributed by atoms with Crippen LogP contribution in [0.5, 0.6) is 0 Å². The van der Waals surface area contributed by atoms with Crippen molar-refractivity contribution in [1.29, 1.82) is 0 Å². The highest BCUT2D eigenvalue weighted by Crippen LogP contribution is 2.24. The van der Waals surface area contributed by atoms with Crippen LogP contribution in [0, 0.1) is 18.3 Å². The normalized spacial score (nSPS) is 16.1. The van der Waals surface area contributed by atoms with Gasteiger partial charge in [0.2, 0.25) is 8.32 Å². The van der Waals surface area contributed by atoms with Crippen molar-refractivity contribution in [3.8, 4) is 12.3 Å². The maximum absolute atomic E-state index is 6.02. The summed E-state index contributed by atoms with van der Waals surface area (Å²) in [6, 6.07) is 0. The summed E-state index contributed by atoms with van der Waals surface area (Å²) < 4.78 is 6.02. The van der Waals surface area contributed by atoms with Crippen LogP contribution in [0.3, 0.4) is 0 Å².